The van der Waals surface area contributed by atoms with E-state index in [0.717, 1.165) is 86.5 Å². The summed E-state index contributed by atoms with van der Waals surface area (Å²) in [4.78, 5) is 21.2. The Labute approximate surface area is 232 Å². The largest absolute Gasteiger partial charge is 0.495 e. The molecule has 39 heavy (non-hydrogen) atoms. The summed E-state index contributed by atoms with van der Waals surface area (Å²) in [5.41, 5.74) is 10.3. The van der Waals surface area contributed by atoms with E-state index < -0.39 is 0 Å². The van der Waals surface area contributed by atoms with Gasteiger partial charge in [-0.2, -0.15) is 4.98 Å². The first kappa shape index (κ1) is 25.7. The third-order valence-electron chi connectivity index (χ3n) is 7.69. The Hall–Kier alpha value is -3.60. The first-order valence-corrected chi connectivity index (χ1v) is 13.7. The molecule has 3 aromatic heterocycles. The summed E-state index contributed by atoms with van der Waals surface area (Å²) in [7, 11) is 1.56. The van der Waals surface area contributed by atoms with Gasteiger partial charge in [-0.05, 0) is 42.7 Å². The number of fused-ring (bicyclic) bond motifs is 1. The Morgan fingerprint density at radius 2 is 1.77 bits per heavy atom. The van der Waals surface area contributed by atoms with Crippen LogP contribution in [0.15, 0.2) is 48.9 Å². The average molecular weight is 549 g/mol. The zero-order valence-corrected chi connectivity index (χ0v) is 22.8. The van der Waals surface area contributed by atoms with Gasteiger partial charge >= 0.3 is 0 Å². The van der Waals surface area contributed by atoms with Crippen molar-refractivity contribution in [3.05, 3.63) is 59.5 Å². The number of anilines is 3. The lowest BCUT2D eigenvalue weighted by Crippen LogP contribution is -2.47. The molecule has 2 aliphatic rings. The van der Waals surface area contributed by atoms with Crippen molar-refractivity contribution in [1.29, 1.82) is 0 Å². The fraction of sp³-hybridized carbons (Fsp3) is 0.393. The second kappa shape index (κ2) is 10.9. The molecule has 5 heterocycles. The Morgan fingerprint density at radius 1 is 1.00 bits per heavy atom. The quantitative estimate of drug-likeness (QED) is 0.375. The van der Waals surface area contributed by atoms with Crippen molar-refractivity contribution >= 4 is 34.7 Å². The molecule has 11 heteroatoms. The summed E-state index contributed by atoms with van der Waals surface area (Å²) in [5, 5.41) is 10.4. The zero-order valence-electron chi connectivity index (χ0n) is 22.0. The molecule has 6 rings (SSSR count). The number of methoxy groups -OCH3 is 1. The lowest BCUT2D eigenvalue weighted by molar-refractivity contribution is 0.281. The Balaban J connectivity index is 1.16. The van der Waals surface area contributed by atoms with Crippen molar-refractivity contribution in [1.82, 2.24) is 19.4 Å². The zero-order chi connectivity index (χ0) is 26.9. The first-order valence-electron chi connectivity index (χ1n) is 13.3. The molecular weight excluding hydrogens is 516 g/mol. The molecule has 0 aliphatic carbocycles. The second-order valence-electron chi connectivity index (χ2n) is 10.1. The van der Waals surface area contributed by atoms with Crippen molar-refractivity contribution in [2.24, 2.45) is 5.73 Å². The van der Waals surface area contributed by atoms with Crippen molar-refractivity contribution in [2.45, 2.75) is 25.5 Å². The van der Waals surface area contributed by atoms with Crippen molar-refractivity contribution in [3.8, 4) is 17.0 Å². The van der Waals surface area contributed by atoms with Crippen LogP contribution in [0.2, 0.25) is 5.02 Å². The van der Waals surface area contributed by atoms with Gasteiger partial charge in [-0.3, -0.25) is 0 Å². The van der Waals surface area contributed by atoms with E-state index in [9.17, 15) is 5.11 Å². The number of pyridine rings is 1. The number of aromatic nitrogens is 4. The molecule has 10 nitrogen and oxygen atoms in total. The Bertz CT molecular complexity index is 1460. The molecule has 1 aromatic carbocycles. The third kappa shape index (κ3) is 5.19. The van der Waals surface area contributed by atoms with Gasteiger partial charge in [-0.1, -0.05) is 11.6 Å². The maximum Gasteiger partial charge on any atom is 0.227 e. The lowest BCUT2D eigenvalue weighted by Gasteiger charge is -2.37. The number of benzene rings is 1. The molecule has 0 saturated carbocycles. The summed E-state index contributed by atoms with van der Waals surface area (Å²) in [5.74, 6) is 2.30. The number of hydrogen-bond acceptors (Lipinski definition) is 9. The number of piperazine rings is 1. The van der Waals surface area contributed by atoms with Gasteiger partial charge in [0, 0.05) is 81.2 Å². The summed E-state index contributed by atoms with van der Waals surface area (Å²) in [6, 6.07) is 10.1. The topological polar surface area (TPSA) is 108 Å². The van der Waals surface area contributed by atoms with E-state index >= 15 is 0 Å². The van der Waals surface area contributed by atoms with E-state index in [1.54, 1.807) is 19.2 Å². The van der Waals surface area contributed by atoms with Gasteiger partial charge < -0.3 is 34.7 Å². The monoisotopic (exact) mass is 548 g/mol. The molecule has 204 valence electrons. The molecule has 0 bridgehead atoms. The van der Waals surface area contributed by atoms with Crippen LogP contribution in [0.25, 0.3) is 16.9 Å². The average Bonchev–Trinajstić information content (AvgIpc) is 3.41. The van der Waals surface area contributed by atoms with Gasteiger partial charge in [0.2, 0.25) is 5.95 Å². The van der Waals surface area contributed by atoms with Crippen molar-refractivity contribution in [2.75, 3.05) is 61.1 Å². The van der Waals surface area contributed by atoms with E-state index in [2.05, 4.69) is 31.8 Å². The number of nitrogens with zero attached hydrogens (tertiary/aromatic N) is 7. The number of halogens is 1. The van der Waals surface area contributed by atoms with Gasteiger partial charge in [0.1, 0.15) is 17.2 Å². The second-order valence-corrected chi connectivity index (χ2v) is 10.5. The number of nitrogens with two attached hydrogens (primary N) is 1. The highest BCUT2D eigenvalue weighted by molar-refractivity contribution is 6.32. The highest BCUT2D eigenvalue weighted by Crippen LogP contribution is 2.34. The van der Waals surface area contributed by atoms with Crippen LogP contribution in [0, 0.1) is 0 Å². The van der Waals surface area contributed by atoms with Crippen LogP contribution in [-0.2, 0) is 6.61 Å². The number of ether oxygens (including phenoxy) is 1. The molecule has 0 amide bonds. The van der Waals surface area contributed by atoms with Crippen LogP contribution in [0.5, 0.6) is 5.75 Å². The predicted octanol–water partition coefficient (Wildman–Crippen LogP) is 3.20. The minimum absolute atomic E-state index is 0.133. The molecule has 0 unspecified atom stereocenters. The highest BCUT2D eigenvalue weighted by Gasteiger charge is 2.22. The maximum atomic E-state index is 9.92. The number of rotatable bonds is 6. The van der Waals surface area contributed by atoms with Gasteiger partial charge in [-0.15, -0.1) is 0 Å². The number of aliphatic hydroxyl groups excluding tert-OH is 1. The van der Waals surface area contributed by atoms with Gasteiger partial charge in [0.05, 0.1) is 24.4 Å². The number of imidazole rings is 1. The van der Waals surface area contributed by atoms with Crippen LogP contribution in [-0.4, -0.2) is 76.9 Å². The first-order chi connectivity index (χ1) is 19.0. The van der Waals surface area contributed by atoms with E-state index in [1.165, 1.54) is 0 Å². The van der Waals surface area contributed by atoms with E-state index in [-0.39, 0.29) is 12.6 Å². The molecule has 2 fully saturated rings. The lowest BCUT2D eigenvalue weighted by atomic mass is 10.1. The van der Waals surface area contributed by atoms with Gasteiger partial charge in [-0.25, -0.2) is 9.97 Å². The molecule has 2 aliphatic heterocycles. The normalized spacial score (nSPS) is 16.8. The number of hydrogen-bond donors (Lipinski definition) is 2. The Morgan fingerprint density at radius 3 is 2.51 bits per heavy atom. The molecule has 0 atom stereocenters. The van der Waals surface area contributed by atoms with Crippen LogP contribution in [0.4, 0.5) is 17.5 Å². The van der Waals surface area contributed by atoms with E-state index in [1.807, 2.05) is 29.1 Å². The third-order valence-corrected chi connectivity index (χ3v) is 7.98. The van der Waals surface area contributed by atoms with E-state index in [4.69, 9.17) is 32.0 Å². The summed E-state index contributed by atoms with van der Waals surface area (Å²) < 4.78 is 7.29. The number of aliphatic hydroxyl groups is 1. The van der Waals surface area contributed by atoms with Gasteiger partial charge in [0.25, 0.3) is 0 Å². The summed E-state index contributed by atoms with van der Waals surface area (Å²) in [6.45, 7) is 5.18. The Kier molecular flexibility index (Phi) is 7.16. The molecule has 4 aromatic rings. The SMILES string of the molecule is COc1cc(CO)c(-c2cn3ccc(N4CCN(c5ccnc(N6CCC(N)CC6)n5)CC4)cc3n2)cc1Cl. The highest BCUT2D eigenvalue weighted by atomic mass is 35.5. The van der Waals surface area contributed by atoms with E-state index in [0.29, 0.717) is 16.3 Å². The summed E-state index contributed by atoms with van der Waals surface area (Å²) in [6.07, 6.45) is 7.80. The predicted molar refractivity (Wildman–Crippen MR) is 154 cm³/mol. The van der Waals surface area contributed by atoms with Crippen LogP contribution < -0.4 is 25.2 Å². The standard InChI is InChI=1S/C28H33ClN8O2/c1-39-25-14-19(18-38)22(16-23(25)29)24-17-37-9-5-21(15-27(37)32-24)34-10-12-35(13-11-34)26-2-6-31-28(33-26)36-7-3-20(30)4-8-36/h2,5-6,9,14-17,20,38H,3-4,7-8,10-13,18,30H2,1H3. The molecule has 0 spiro atoms. The van der Waals surface area contributed by atoms with Crippen LogP contribution in [0.1, 0.15) is 18.4 Å². The van der Waals surface area contributed by atoms with Crippen molar-refractivity contribution < 1.29 is 9.84 Å². The van der Waals surface area contributed by atoms with Crippen LogP contribution >= 0.6 is 11.6 Å². The fourth-order valence-electron chi connectivity index (χ4n) is 5.38. The molecular formula is C28H33ClN8O2. The van der Waals surface area contributed by atoms with Gasteiger partial charge in [0.15, 0.2) is 0 Å². The maximum absolute atomic E-state index is 9.92. The van der Waals surface area contributed by atoms with Crippen LogP contribution in [0.3, 0.4) is 0 Å². The molecule has 0 radical (unpaired) electrons. The number of piperidine rings is 1. The molecule has 2 saturated heterocycles. The minimum atomic E-state index is -0.133. The smallest absolute Gasteiger partial charge is 0.227 e. The molecule has 3 N–H and O–H groups in total. The van der Waals surface area contributed by atoms with Crippen molar-refractivity contribution in [3.63, 3.8) is 0 Å². The fourth-order valence-corrected chi connectivity index (χ4v) is 5.62. The summed E-state index contributed by atoms with van der Waals surface area (Å²) >= 11 is 6.38. The minimum Gasteiger partial charge on any atom is -0.495 e.